The molecule has 0 bridgehead atoms. The minimum absolute atomic E-state index is 0.637. The predicted molar refractivity (Wildman–Crippen MR) is 67.2 cm³/mol. The zero-order chi connectivity index (χ0) is 11.3. The van der Waals surface area contributed by atoms with Gasteiger partial charge in [-0.25, -0.2) is 0 Å². The van der Waals surface area contributed by atoms with Gasteiger partial charge in [-0.3, -0.25) is 4.90 Å². The van der Waals surface area contributed by atoms with Crippen molar-refractivity contribution >= 4 is 0 Å². The molecule has 2 atom stereocenters. The molecule has 1 aliphatic heterocycles. The molecule has 2 unspecified atom stereocenters. The van der Waals surface area contributed by atoms with Crippen LogP contribution in [0.5, 0.6) is 0 Å². The van der Waals surface area contributed by atoms with Crippen LogP contribution in [0.2, 0.25) is 0 Å². The molecule has 0 spiro atoms. The van der Waals surface area contributed by atoms with Crippen molar-refractivity contribution in [1.29, 1.82) is 0 Å². The largest absolute Gasteiger partial charge is 0.316 e. The van der Waals surface area contributed by atoms with Gasteiger partial charge in [-0.15, -0.1) is 0 Å². The second-order valence-corrected chi connectivity index (χ2v) is 5.36. The van der Waals surface area contributed by atoms with E-state index in [1.807, 2.05) is 0 Å². The Bertz CT molecular complexity index is 168. The molecule has 1 saturated heterocycles. The summed E-state index contributed by atoms with van der Waals surface area (Å²) in [4.78, 5) is 2.70. The van der Waals surface area contributed by atoms with Crippen LogP contribution in [0.15, 0.2) is 0 Å². The van der Waals surface area contributed by atoms with E-state index in [-0.39, 0.29) is 0 Å². The zero-order valence-electron chi connectivity index (χ0n) is 10.9. The van der Waals surface area contributed by atoms with E-state index in [2.05, 4.69) is 38.0 Å². The lowest BCUT2D eigenvalue weighted by Gasteiger charge is -2.39. The van der Waals surface area contributed by atoms with E-state index >= 15 is 0 Å². The van der Waals surface area contributed by atoms with E-state index in [1.165, 1.54) is 38.8 Å². The van der Waals surface area contributed by atoms with E-state index in [1.54, 1.807) is 0 Å². The van der Waals surface area contributed by atoms with Crippen LogP contribution in [0.4, 0.5) is 0 Å². The molecular weight excluding hydrogens is 184 g/mol. The Labute approximate surface area is 95.4 Å². The number of piperidine rings is 1. The summed E-state index contributed by atoms with van der Waals surface area (Å²) in [5.74, 6) is 0.831. The van der Waals surface area contributed by atoms with Gasteiger partial charge in [-0.1, -0.05) is 20.3 Å². The van der Waals surface area contributed by atoms with Gasteiger partial charge in [-0.05, 0) is 52.2 Å². The number of hydrogen-bond acceptors (Lipinski definition) is 2. The van der Waals surface area contributed by atoms with E-state index in [4.69, 9.17) is 0 Å². The molecule has 1 N–H and O–H groups in total. The summed E-state index contributed by atoms with van der Waals surface area (Å²) < 4.78 is 0. The van der Waals surface area contributed by atoms with Crippen molar-refractivity contribution in [2.75, 3.05) is 20.1 Å². The molecule has 0 aromatic carbocycles. The first-order chi connectivity index (χ1) is 7.15. The minimum atomic E-state index is 0.637. The van der Waals surface area contributed by atoms with Gasteiger partial charge >= 0.3 is 0 Å². The van der Waals surface area contributed by atoms with E-state index < -0.39 is 0 Å². The molecule has 1 aliphatic rings. The molecule has 1 rings (SSSR count). The highest BCUT2D eigenvalue weighted by Gasteiger charge is 2.25. The van der Waals surface area contributed by atoms with Crippen LogP contribution >= 0.6 is 0 Å². The summed E-state index contributed by atoms with van der Waals surface area (Å²) in [6, 6.07) is 1.40. The van der Waals surface area contributed by atoms with Crippen molar-refractivity contribution in [3.8, 4) is 0 Å². The molecule has 1 fully saturated rings. The highest BCUT2D eigenvalue weighted by Crippen LogP contribution is 2.20. The third-order valence-electron chi connectivity index (χ3n) is 3.69. The molecule has 0 saturated carbocycles. The fraction of sp³-hybridized carbons (Fsp3) is 1.00. The second kappa shape index (κ2) is 6.49. The van der Waals surface area contributed by atoms with Crippen LogP contribution in [0.25, 0.3) is 0 Å². The first-order valence-corrected chi connectivity index (χ1v) is 6.56. The minimum Gasteiger partial charge on any atom is -0.316 e. The summed E-state index contributed by atoms with van der Waals surface area (Å²) in [6.07, 6.45) is 5.52. The van der Waals surface area contributed by atoms with Crippen LogP contribution in [-0.4, -0.2) is 37.1 Å². The fourth-order valence-corrected chi connectivity index (χ4v) is 2.48. The van der Waals surface area contributed by atoms with Gasteiger partial charge in [0, 0.05) is 12.1 Å². The molecule has 0 amide bonds. The van der Waals surface area contributed by atoms with Crippen molar-refractivity contribution in [2.24, 2.45) is 5.92 Å². The maximum absolute atomic E-state index is 3.41. The number of likely N-dealkylation sites (N-methyl/N-ethyl adjacent to an activating group) is 1. The fourth-order valence-electron chi connectivity index (χ4n) is 2.48. The van der Waals surface area contributed by atoms with Crippen LogP contribution < -0.4 is 5.32 Å². The Hall–Kier alpha value is -0.0800. The first kappa shape index (κ1) is 13.0. The molecule has 90 valence electrons. The van der Waals surface area contributed by atoms with Gasteiger partial charge in [0.05, 0.1) is 0 Å². The smallest absolute Gasteiger partial charge is 0.0246 e. The Morgan fingerprint density at radius 2 is 2.00 bits per heavy atom. The van der Waals surface area contributed by atoms with Crippen LogP contribution in [-0.2, 0) is 0 Å². The summed E-state index contributed by atoms with van der Waals surface area (Å²) in [5.41, 5.74) is 0. The monoisotopic (exact) mass is 212 g/mol. The lowest BCUT2D eigenvalue weighted by Crippen LogP contribution is -2.50. The van der Waals surface area contributed by atoms with Crippen molar-refractivity contribution in [2.45, 2.75) is 58.5 Å². The molecule has 1 heterocycles. The Kier molecular flexibility index (Phi) is 5.62. The average Bonchev–Trinajstić information content (AvgIpc) is 2.25. The van der Waals surface area contributed by atoms with E-state index in [0.29, 0.717) is 6.04 Å². The van der Waals surface area contributed by atoms with Crippen molar-refractivity contribution < 1.29 is 0 Å². The molecule has 0 radical (unpaired) electrons. The van der Waals surface area contributed by atoms with Crippen LogP contribution in [0.3, 0.4) is 0 Å². The number of nitrogens with zero attached hydrogens (tertiary/aromatic N) is 1. The van der Waals surface area contributed by atoms with Crippen molar-refractivity contribution in [3.63, 3.8) is 0 Å². The second-order valence-electron chi connectivity index (χ2n) is 5.36. The highest BCUT2D eigenvalue weighted by molar-refractivity contribution is 4.84. The molecule has 0 aromatic rings. The van der Waals surface area contributed by atoms with Gasteiger partial charge in [0.15, 0.2) is 0 Å². The number of rotatable bonds is 5. The third kappa shape index (κ3) is 4.12. The zero-order valence-corrected chi connectivity index (χ0v) is 10.9. The van der Waals surface area contributed by atoms with Gasteiger partial charge in [0.25, 0.3) is 0 Å². The quantitative estimate of drug-likeness (QED) is 0.753. The third-order valence-corrected chi connectivity index (χ3v) is 3.69. The van der Waals surface area contributed by atoms with Crippen molar-refractivity contribution in [3.05, 3.63) is 0 Å². The van der Waals surface area contributed by atoms with Gasteiger partial charge in [0.2, 0.25) is 0 Å². The predicted octanol–water partition coefficient (Wildman–Crippen LogP) is 2.49. The van der Waals surface area contributed by atoms with E-state index in [9.17, 15) is 0 Å². The average molecular weight is 212 g/mol. The van der Waals surface area contributed by atoms with Gasteiger partial charge in [0.1, 0.15) is 0 Å². The Morgan fingerprint density at radius 3 is 2.60 bits per heavy atom. The summed E-state index contributed by atoms with van der Waals surface area (Å²) in [6.45, 7) is 9.55. The van der Waals surface area contributed by atoms with Gasteiger partial charge in [-0.2, -0.15) is 0 Å². The molecular formula is C13H28N2. The van der Waals surface area contributed by atoms with E-state index in [0.717, 1.165) is 12.0 Å². The van der Waals surface area contributed by atoms with Crippen LogP contribution in [0.1, 0.15) is 46.5 Å². The topological polar surface area (TPSA) is 15.3 Å². The molecule has 0 aromatic heterocycles. The van der Waals surface area contributed by atoms with Crippen LogP contribution in [0, 0.1) is 5.92 Å². The maximum atomic E-state index is 3.41. The Balaban J connectivity index is 2.42. The molecule has 2 heteroatoms. The summed E-state index contributed by atoms with van der Waals surface area (Å²) >= 11 is 0. The van der Waals surface area contributed by atoms with Gasteiger partial charge < -0.3 is 5.32 Å². The summed E-state index contributed by atoms with van der Waals surface area (Å²) in [7, 11) is 2.08. The number of hydrogen-bond donors (Lipinski definition) is 1. The highest BCUT2D eigenvalue weighted by atomic mass is 15.2. The maximum Gasteiger partial charge on any atom is 0.0246 e. The lowest BCUT2D eigenvalue weighted by molar-refractivity contribution is 0.116. The summed E-state index contributed by atoms with van der Waals surface area (Å²) in [5, 5.41) is 3.41. The molecule has 15 heavy (non-hydrogen) atoms. The molecule has 2 nitrogen and oxygen atoms in total. The normalized spacial score (nSPS) is 25.8. The first-order valence-electron chi connectivity index (χ1n) is 6.56. The Morgan fingerprint density at radius 1 is 1.27 bits per heavy atom. The SMILES string of the molecule is CNC(C)C1CCCCN1CCC(C)C. The molecule has 0 aliphatic carbocycles. The van der Waals surface area contributed by atoms with Crippen molar-refractivity contribution in [1.82, 2.24) is 10.2 Å². The lowest BCUT2D eigenvalue weighted by atomic mass is 9.95. The number of likely N-dealkylation sites (tertiary alicyclic amines) is 1. The number of nitrogens with one attached hydrogen (secondary N) is 1. The standard InChI is InChI=1S/C13H28N2/c1-11(2)8-10-15-9-6-5-7-13(15)12(3)14-4/h11-14H,5-10H2,1-4H3.